The van der Waals surface area contributed by atoms with Crippen LogP contribution in [0.15, 0.2) is 67.3 Å². The molecule has 0 unspecified atom stereocenters. The van der Waals surface area contributed by atoms with Gasteiger partial charge in [0.1, 0.15) is 0 Å². The minimum atomic E-state index is -0.139. The highest BCUT2D eigenvalue weighted by molar-refractivity contribution is 6.12. The van der Waals surface area contributed by atoms with Gasteiger partial charge in [-0.2, -0.15) is 0 Å². The number of anilines is 1. The number of nitrogens with zero attached hydrogens (tertiary/aromatic N) is 1. The number of H-pyrrole nitrogens is 2. The predicted octanol–water partition coefficient (Wildman–Crippen LogP) is 3.81. The van der Waals surface area contributed by atoms with Gasteiger partial charge >= 0.3 is 0 Å². The van der Waals surface area contributed by atoms with Crippen molar-refractivity contribution >= 4 is 22.5 Å². The molecule has 0 aliphatic carbocycles. The van der Waals surface area contributed by atoms with Crippen molar-refractivity contribution in [2.75, 3.05) is 5.32 Å². The van der Waals surface area contributed by atoms with E-state index in [1.54, 1.807) is 12.5 Å². The highest BCUT2D eigenvalue weighted by Gasteiger charge is 2.11. The molecule has 0 spiro atoms. The molecule has 2 heterocycles. The molecule has 23 heavy (non-hydrogen) atoms. The normalized spacial score (nSPS) is 10.8. The minimum absolute atomic E-state index is 0.139. The topological polar surface area (TPSA) is 73.6 Å². The quantitative estimate of drug-likeness (QED) is 0.538. The predicted molar refractivity (Wildman–Crippen MR) is 90.3 cm³/mol. The van der Waals surface area contributed by atoms with Crippen molar-refractivity contribution in [1.29, 1.82) is 0 Å². The van der Waals surface area contributed by atoms with E-state index in [-0.39, 0.29) is 5.91 Å². The number of para-hydroxylation sites is 1. The molecule has 3 N–H and O–H groups in total. The first-order chi connectivity index (χ1) is 11.3. The third-order valence-corrected chi connectivity index (χ3v) is 3.76. The van der Waals surface area contributed by atoms with Crippen LogP contribution in [0.3, 0.4) is 0 Å². The van der Waals surface area contributed by atoms with Crippen LogP contribution in [0.2, 0.25) is 0 Å². The number of hydrogen-bond acceptors (Lipinski definition) is 2. The van der Waals surface area contributed by atoms with Crippen molar-refractivity contribution < 1.29 is 4.79 Å². The summed E-state index contributed by atoms with van der Waals surface area (Å²) >= 11 is 0. The second kappa shape index (κ2) is 5.46. The zero-order valence-electron chi connectivity index (χ0n) is 12.2. The van der Waals surface area contributed by atoms with Gasteiger partial charge in [-0.15, -0.1) is 0 Å². The lowest BCUT2D eigenvalue weighted by molar-refractivity contribution is 0.102. The van der Waals surface area contributed by atoms with E-state index in [0.29, 0.717) is 5.56 Å². The van der Waals surface area contributed by atoms with Gasteiger partial charge in [-0.05, 0) is 24.3 Å². The van der Waals surface area contributed by atoms with Crippen LogP contribution in [0.4, 0.5) is 5.69 Å². The van der Waals surface area contributed by atoms with Crippen molar-refractivity contribution in [3.63, 3.8) is 0 Å². The highest BCUT2D eigenvalue weighted by Crippen LogP contribution is 2.22. The second-order valence-corrected chi connectivity index (χ2v) is 5.25. The van der Waals surface area contributed by atoms with E-state index in [1.165, 1.54) is 0 Å². The van der Waals surface area contributed by atoms with Crippen LogP contribution in [0, 0.1) is 0 Å². The minimum Gasteiger partial charge on any atom is -0.361 e. The Morgan fingerprint density at radius 2 is 1.96 bits per heavy atom. The fourth-order valence-electron chi connectivity index (χ4n) is 2.65. The maximum atomic E-state index is 12.6. The lowest BCUT2D eigenvalue weighted by Crippen LogP contribution is -2.12. The molecular weight excluding hydrogens is 288 g/mol. The molecule has 0 saturated heterocycles. The van der Waals surface area contributed by atoms with E-state index in [4.69, 9.17) is 0 Å². The van der Waals surface area contributed by atoms with Gasteiger partial charge in [0.05, 0.1) is 29.3 Å². The van der Waals surface area contributed by atoms with Crippen molar-refractivity contribution in [3.8, 4) is 11.3 Å². The molecule has 0 saturated carbocycles. The lowest BCUT2D eigenvalue weighted by Gasteiger charge is -2.08. The molecule has 5 nitrogen and oxygen atoms in total. The van der Waals surface area contributed by atoms with Crippen LogP contribution in [0.1, 0.15) is 10.4 Å². The molecular formula is C18H14N4O. The highest BCUT2D eigenvalue weighted by atomic mass is 16.1. The number of benzene rings is 2. The largest absolute Gasteiger partial charge is 0.361 e. The molecule has 0 radical (unpaired) electrons. The molecule has 0 aliphatic rings. The van der Waals surface area contributed by atoms with Gasteiger partial charge in [0.15, 0.2) is 0 Å². The molecule has 2 aromatic heterocycles. The number of fused-ring (bicyclic) bond motifs is 1. The molecule has 4 aromatic rings. The zero-order chi connectivity index (χ0) is 15.6. The third kappa shape index (κ3) is 2.48. The van der Waals surface area contributed by atoms with Crippen LogP contribution in [-0.2, 0) is 0 Å². The second-order valence-electron chi connectivity index (χ2n) is 5.25. The maximum absolute atomic E-state index is 12.6. The van der Waals surface area contributed by atoms with Crippen molar-refractivity contribution in [1.82, 2.24) is 15.0 Å². The smallest absolute Gasteiger partial charge is 0.257 e. The first-order valence-electron chi connectivity index (χ1n) is 7.27. The van der Waals surface area contributed by atoms with Gasteiger partial charge < -0.3 is 15.3 Å². The van der Waals surface area contributed by atoms with Crippen LogP contribution < -0.4 is 5.32 Å². The van der Waals surface area contributed by atoms with Gasteiger partial charge in [0.2, 0.25) is 0 Å². The number of hydrogen-bond donors (Lipinski definition) is 3. The van der Waals surface area contributed by atoms with E-state index in [0.717, 1.165) is 27.8 Å². The van der Waals surface area contributed by atoms with Gasteiger partial charge in [-0.1, -0.05) is 24.3 Å². The Morgan fingerprint density at radius 3 is 2.83 bits per heavy atom. The molecule has 2 aromatic carbocycles. The fraction of sp³-hybridized carbons (Fsp3) is 0. The van der Waals surface area contributed by atoms with E-state index in [2.05, 4.69) is 20.3 Å². The van der Waals surface area contributed by atoms with Gasteiger partial charge in [-0.25, -0.2) is 4.98 Å². The number of amides is 1. The number of nitrogens with one attached hydrogen (secondary N) is 3. The Balaban J connectivity index is 1.64. The number of carbonyl (C=O) groups excluding carboxylic acids is 1. The monoisotopic (exact) mass is 302 g/mol. The Morgan fingerprint density at radius 1 is 1.04 bits per heavy atom. The number of rotatable bonds is 3. The first-order valence-corrected chi connectivity index (χ1v) is 7.27. The van der Waals surface area contributed by atoms with Crippen LogP contribution in [-0.4, -0.2) is 20.9 Å². The summed E-state index contributed by atoms with van der Waals surface area (Å²) in [7, 11) is 0. The molecule has 1 amide bonds. The summed E-state index contributed by atoms with van der Waals surface area (Å²) in [5.41, 5.74) is 4.09. The summed E-state index contributed by atoms with van der Waals surface area (Å²) in [5.74, 6) is -0.139. The molecule has 0 fully saturated rings. The SMILES string of the molecule is O=C(Nc1cccc(-c2cnc[nH]2)c1)c1cccc2cc[nH]c12. The first kappa shape index (κ1) is 13.3. The number of aromatic nitrogens is 3. The van der Waals surface area contributed by atoms with Crippen LogP contribution >= 0.6 is 0 Å². The van der Waals surface area contributed by atoms with Gasteiger partial charge in [0.25, 0.3) is 5.91 Å². The van der Waals surface area contributed by atoms with E-state index in [1.807, 2.05) is 54.7 Å². The van der Waals surface area contributed by atoms with Crippen molar-refractivity contribution in [2.45, 2.75) is 0 Å². The summed E-state index contributed by atoms with van der Waals surface area (Å²) < 4.78 is 0. The molecule has 5 heteroatoms. The third-order valence-electron chi connectivity index (χ3n) is 3.76. The van der Waals surface area contributed by atoms with Crippen molar-refractivity contribution in [3.05, 3.63) is 72.8 Å². The Kier molecular flexibility index (Phi) is 3.16. The summed E-state index contributed by atoms with van der Waals surface area (Å²) in [4.78, 5) is 22.8. The summed E-state index contributed by atoms with van der Waals surface area (Å²) in [6.45, 7) is 0. The molecule has 112 valence electrons. The number of imidazole rings is 1. The molecule has 4 rings (SSSR count). The Bertz CT molecular complexity index is 970. The van der Waals surface area contributed by atoms with E-state index in [9.17, 15) is 4.79 Å². The average molecular weight is 302 g/mol. The maximum Gasteiger partial charge on any atom is 0.257 e. The van der Waals surface area contributed by atoms with Gasteiger partial charge in [-0.3, -0.25) is 4.79 Å². The van der Waals surface area contributed by atoms with Gasteiger partial charge in [0, 0.05) is 22.8 Å². The van der Waals surface area contributed by atoms with Crippen LogP contribution in [0.5, 0.6) is 0 Å². The summed E-state index contributed by atoms with van der Waals surface area (Å²) in [6, 6.07) is 15.3. The lowest BCUT2D eigenvalue weighted by atomic mass is 10.1. The van der Waals surface area contributed by atoms with Crippen molar-refractivity contribution in [2.24, 2.45) is 0 Å². The Hall–Kier alpha value is -3.34. The molecule has 0 bridgehead atoms. The summed E-state index contributed by atoms with van der Waals surface area (Å²) in [5, 5.41) is 3.97. The molecule has 0 aliphatic heterocycles. The average Bonchev–Trinajstić information content (AvgIpc) is 3.26. The number of aromatic amines is 2. The Labute approximate surface area is 132 Å². The molecule has 0 atom stereocenters. The van der Waals surface area contributed by atoms with E-state index >= 15 is 0 Å². The fourth-order valence-corrected chi connectivity index (χ4v) is 2.65. The summed E-state index contributed by atoms with van der Waals surface area (Å²) in [6.07, 6.45) is 5.22. The van der Waals surface area contributed by atoms with E-state index < -0.39 is 0 Å². The standard InChI is InChI=1S/C18H14N4O/c23-18(15-6-2-3-12-7-8-20-17(12)15)22-14-5-1-4-13(9-14)16-10-19-11-21-16/h1-11,20H,(H,19,21)(H,22,23). The zero-order valence-corrected chi connectivity index (χ0v) is 12.2. The number of carbonyl (C=O) groups is 1. The van der Waals surface area contributed by atoms with Crippen LogP contribution in [0.25, 0.3) is 22.2 Å².